The number of aromatic nitrogens is 3. The number of hydrogen-bond donors (Lipinski definition) is 0. The average Bonchev–Trinajstić information content (AvgIpc) is 2.96. The van der Waals surface area contributed by atoms with E-state index in [-0.39, 0.29) is 5.97 Å². The predicted octanol–water partition coefficient (Wildman–Crippen LogP) is 2.66. The van der Waals surface area contributed by atoms with E-state index in [1.165, 1.54) is 0 Å². The minimum absolute atomic E-state index is 0.335. The summed E-state index contributed by atoms with van der Waals surface area (Å²) in [5, 5.41) is 17.0. The van der Waals surface area contributed by atoms with Gasteiger partial charge in [-0.05, 0) is 37.1 Å². The standard InChI is InChI=1S/C16H18N4O2/c1-3-5-15-14(11-17)18-19-20(15)13-8-6-12(7-9-13)16(21)22-10-4-2/h6-9H,3-5,10H2,1-2H3. The molecule has 2 aromatic rings. The van der Waals surface area contributed by atoms with E-state index in [2.05, 4.69) is 16.4 Å². The number of carbonyl (C=O) groups excluding carboxylic acids is 1. The first-order valence-corrected chi connectivity index (χ1v) is 7.33. The molecule has 0 atom stereocenters. The van der Waals surface area contributed by atoms with E-state index < -0.39 is 0 Å². The topological polar surface area (TPSA) is 80.8 Å². The zero-order valence-electron chi connectivity index (χ0n) is 12.7. The van der Waals surface area contributed by atoms with Crippen LogP contribution in [0.3, 0.4) is 0 Å². The third-order valence-electron chi connectivity index (χ3n) is 3.14. The minimum Gasteiger partial charge on any atom is -0.462 e. The van der Waals surface area contributed by atoms with Crippen LogP contribution in [0.2, 0.25) is 0 Å². The lowest BCUT2D eigenvalue weighted by Gasteiger charge is -2.07. The number of nitrogens with zero attached hydrogens (tertiary/aromatic N) is 4. The van der Waals surface area contributed by atoms with Crippen LogP contribution in [0, 0.1) is 11.3 Å². The van der Waals surface area contributed by atoms with Crippen LogP contribution in [0.15, 0.2) is 24.3 Å². The highest BCUT2D eigenvalue weighted by Gasteiger charge is 2.14. The van der Waals surface area contributed by atoms with Crippen LogP contribution in [0.4, 0.5) is 0 Å². The van der Waals surface area contributed by atoms with Crippen LogP contribution in [0.1, 0.15) is 48.4 Å². The molecule has 6 nitrogen and oxygen atoms in total. The monoisotopic (exact) mass is 298 g/mol. The lowest BCUT2D eigenvalue weighted by atomic mass is 10.2. The molecule has 0 aliphatic rings. The van der Waals surface area contributed by atoms with Gasteiger partial charge in [-0.1, -0.05) is 25.5 Å². The zero-order valence-corrected chi connectivity index (χ0v) is 12.7. The van der Waals surface area contributed by atoms with Crippen molar-refractivity contribution in [2.45, 2.75) is 33.1 Å². The molecule has 0 N–H and O–H groups in total. The lowest BCUT2D eigenvalue weighted by Crippen LogP contribution is -2.07. The fourth-order valence-corrected chi connectivity index (χ4v) is 2.07. The summed E-state index contributed by atoms with van der Waals surface area (Å²) >= 11 is 0. The quantitative estimate of drug-likeness (QED) is 0.766. The second kappa shape index (κ2) is 7.36. The van der Waals surface area contributed by atoms with Gasteiger partial charge in [-0.15, -0.1) is 5.10 Å². The molecule has 22 heavy (non-hydrogen) atoms. The highest BCUT2D eigenvalue weighted by atomic mass is 16.5. The number of nitriles is 1. The zero-order chi connectivity index (χ0) is 15.9. The molecule has 0 radical (unpaired) electrons. The van der Waals surface area contributed by atoms with Gasteiger partial charge < -0.3 is 4.74 Å². The van der Waals surface area contributed by atoms with Gasteiger partial charge in [0.15, 0.2) is 5.69 Å². The van der Waals surface area contributed by atoms with Gasteiger partial charge in [0.1, 0.15) is 6.07 Å². The van der Waals surface area contributed by atoms with Crippen molar-refractivity contribution in [3.63, 3.8) is 0 Å². The molecule has 0 amide bonds. The van der Waals surface area contributed by atoms with E-state index >= 15 is 0 Å². The van der Waals surface area contributed by atoms with Gasteiger partial charge in [-0.25, -0.2) is 9.48 Å². The molecule has 0 aliphatic heterocycles. The third-order valence-corrected chi connectivity index (χ3v) is 3.14. The fraction of sp³-hybridized carbons (Fsp3) is 0.375. The molecule has 1 heterocycles. The summed E-state index contributed by atoms with van der Waals surface area (Å²) in [4.78, 5) is 11.8. The van der Waals surface area contributed by atoms with E-state index in [1.807, 2.05) is 13.8 Å². The molecule has 1 aromatic carbocycles. The van der Waals surface area contributed by atoms with Crippen molar-refractivity contribution in [1.29, 1.82) is 5.26 Å². The summed E-state index contributed by atoms with van der Waals surface area (Å²) in [5.41, 5.74) is 2.39. The first-order valence-electron chi connectivity index (χ1n) is 7.33. The van der Waals surface area contributed by atoms with E-state index in [0.717, 1.165) is 30.6 Å². The van der Waals surface area contributed by atoms with Crippen molar-refractivity contribution in [2.24, 2.45) is 0 Å². The van der Waals surface area contributed by atoms with Crippen LogP contribution >= 0.6 is 0 Å². The second-order valence-corrected chi connectivity index (χ2v) is 4.84. The summed E-state index contributed by atoms with van der Waals surface area (Å²) in [6, 6.07) is 8.99. The van der Waals surface area contributed by atoms with Crippen LogP contribution in [0.5, 0.6) is 0 Å². The lowest BCUT2D eigenvalue weighted by molar-refractivity contribution is 0.0505. The van der Waals surface area contributed by atoms with E-state index in [1.54, 1.807) is 28.9 Å². The summed E-state index contributed by atoms with van der Waals surface area (Å²) in [7, 11) is 0. The van der Waals surface area contributed by atoms with E-state index in [0.29, 0.717) is 17.9 Å². The fourth-order valence-electron chi connectivity index (χ4n) is 2.07. The van der Waals surface area contributed by atoms with Gasteiger partial charge in [0.05, 0.1) is 23.6 Å². The van der Waals surface area contributed by atoms with Crippen molar-refractivity contribution in [2.75, 3.05) is 6.61 Å². The molecular weight excluding hydrogens is 280 g/mol. The maximum atomic E-state index is 11.8. The van der Waals surface area contributed by atoms with Gasteiger partial charge in [0, 0.05) is 0 Å². The number of esters is 1. The Morgan fingerprint density at radius 1 is 1.27 bits per heavy atom. The van der Waals surface area contributed by atoms with Crippen molar-refractivity contribution in [3.05, 3.63) is 41.2 Å². The smallest absolute Gasteiger partial charge is 0.338 e. The molecule has 0 aliphatic carbocycles. The average molecular weight is 298 g/mol. The Morgan fingerprint density at radius 2 is 2.00 bits per heavy atom. The number of benzene rings is 1. The first kappa shape index (κ1) is 15.7. The molecular formula is C16H18N4O2. The van der Waals surface area contributed by atoms with Crippen molar-refractivity contribution >= 4 is 5.97 Å². The molecule has 1 aromatic heterocycles. The number of hydrogen-bond acceptors (Lipinski definition) is 5. The molecule has 114 valence electrons. The van der Waals surface area contributed by atoms with Crippen LogP contribution in [-0.4, -0.2) is 27.6 Å². The molecule has 0 saturated carbocycles. The van der Waals surface area contributed by atoms with Gasteiger partial charge in [0.25, 0.3) is 0 Å². The maximum absolute atomic E-state index is 11.8. The van der Waals surface area contributed by atoms with Gasteiger partial charge in [-0.3, -0.25) is 0 Å². The number of carbonyl (C=O) groups is 1. The minimum atomic E-state index is -0.335. The Kier molecular flexibility index (Phi) is 5.26. The highest BCUT2D eigenvalue weighted by Crippen LogP contribution is 2.15. The van der Waals surface area contributed by atoms with E-state index in [4.69, 9.17) is 10.00 Å². The van der Waals surface area contributed by atoms with Gasteiger partial charge in [0.2, 0.25) is 0 Å². The summed E-state index contributed by atoms with van der Waals surface area (Å²) in [6.07, 6.45) is 2.40. The highest BCUT2D eigenvalue weighted by molar-refractivity contribution is 5.89. The summed E-state index contributed by atoms with van der Waals surface area (Å²) in [5.74, 6) is -0.335. The van der Waals surface area contributed by atoms with Crippen LogP contribution in [-0.2, 0) is 11.2 Å². The van der Waals surface area contributed by atoms with Gasteiger partial charge >= 0.3 is 5.97 Å². The second-order valence-electron chi connectivity index (χ2n) is 4.84. The Bertz CT molecular complexity index is 683. The molecule has 0 bridgehead atoms. The van der Waals surface area contributed by atoms with Crippen LogP contribution < -0.4 is 0 Å². The normalized spacial score (nSPS) is 10.2. The maximum Gasteiger partial charge on any atom is 0.338 e. The molecule has 0 saturated heterocycles. The predicted molar refractivity (Wildman–Crippen MR) is 80.6 cm³/mol. The van der Waals surface area contributed by atoms with Gasteiger partial charge in [-0.2, -0.15) is 5.26 Å². The SMILES string of the molecule is CCCOC(=O)c1ccc(-n2nnc(C#N)c2CCC)cc1. The Hall–Kier alpha value is -2.68. The molecule has 0 spiro atoms. The molecule has 6 heteroatoms. The Labute approximate surface area is 129 Å². The number of ether oxygens (including phenoxy) is 1. The van der Waals surface area contributed by atoms with Crippen molar-refractivity contribution in [3.8, 4) is 11.8 Å². The van der Waals surface area contributed by atoms with E-state index in [9.17, 15) is 4.79 Å². The molecule has 0 unspecified atom stereocenters. The number of rotatable bonds is 6. The molecule has 2 rings (SSSR count). The summed E-state index contributed by atoms with van der Waals surface area (Å²) < 4.78 is 6.73. The van der Waals surface area contributed by atoms with Crippen molar-refractivity contribution in [1.82, 2.24) is 15.0 Å². The van der Waals surface area contributed by atoms with Crippen LogP contribution in [0.25, 0.3) is 5.69 Å². The summed E-state index contributed by atoms with van der Waals surface area (Å²) in [6.45, 7) is 4.39. The Balaban J connectivity index is 2.26. The largest absolute Gasteiger partial charge is 0.462 e. The molecule has 0 fully saturated rings. The Morgan fingerprint density at radius 3 is 2.59 bits per heavy atom. The van der Waals surface area contributed by atoms with Crippen molar-refractivity contribution < 1.29 is 9.53 Å². The first-order chi connectivity index (χ1) is 10.7. The third kappa shape index (κ3) is 3.31.